The molecule has 0 aromatic carbocycles. The molecule has 0 spiro atoms. The molecule has 6 nitrogen and oxygen atoms in total. The van der Waals surface area contributed by atoms with Crippen molar-refractivity contribution < 1.29 is 19.8 Å². The monoisotopic (exact) mass is 238 g/mol. The fourth-order valence-corrected chi connectivity index (χ4v) is 1.41. The average Bonchev–Trinajstić information content (AvgIpc) is 2.26. The number of nitrogens with zero attached hydrogens (tertiary/aromatic N) is 2. The van der Waals surface area contributed by atoms with Gasteiger partial charge in [0, 0.05) is 25.5 Å². The van der Waals surface area contributed by atoms with Crippen molar-refractivity contribution in [2.75, 3.05) is 13.1 Å². The molecule has 6 heteroatoms. The Hall–Kier alpha value is -1.95. The van der Waals surface area contributed by atoms with Crippen molar-refractivity contribution >= 4 is 11.9 Å². The Morgan fingerprint density at radius 3 is 2.59 bits per heavy atom. The summed E-state index contributed by atoms with van der Waals surface area (Å²) < 4.78 is 0. The number of carboxylic acids is 2. The molecule has 0 atom stereocenters. The van der Waals surface area contributed by atoms with Crippen LogP contribution >= 0.6 is 0 Å². The van der Waals surface area contributed by atoms with Crippen LogP contribution in [0.3, 0.4) is 0 Å². The van der Waals surface area contributed by atoms with E-state index in [1.54, 1.807) is 23.4 Å². The molecule has 2 N–H and O–H groups in total. The maximum atomic E-state index is 10.6. The first kappa shape index (κ1) is 13.1. The van der Waals surface area contributed by atoms with Crippen molar-refractivity contribution in [1.29, 1.82) is 0 Å². The molecule has 0 amide bonds. The Labute approximate surface area is 98.5 Å². The zero-order valence-electron chi connectivity index (χ0n) is 9.24. The van der Waals surface area contributed by atoms with Crippen LogP contribution in [0.5, 0.6) is 0 Å². The van der Waals surface area contributed by atoms with E-state index in [1.807, 2.05) is 6.07 Å². The first-order chi connectivity index (χ1) is 8.08. The molecule has 1 aromatic rings. The van der Waals surface area contributed by atoms with Gasteiger partial charge in [0.2, 0.25) is 0 Å². The van der Waals surface area contributed by atoms with Crippen LogP contribution in [0.25, 0.3) is 0 Å². The van der Waals surface area contributed by atoms with Crippen molar-refractivity contribution in [3.8, 4) is 0 Å². The number of carboxylic acid groups (broad SMARTS) is 2. The molecule has 92 valence electrons. The lowest BCUT2D eigenvalue weighted by molar-refractivity contribution is -0.141. The molecule has 0 aliphatic carbocycles. The van der Waals surface area contributed by atoms with Crippen molar-refractivity contribution in [3.63, 3.8) is 0 Å². The van der Waals surface area contributed by atoms with E-state index >= 15 is 0 Å². The summed E-state index contributed by atoms with van der Waals surface area (Å²) in [6, 6.07) is 3.58. The second-order valence-electron chi connectivity index (χ2n) is 3.61. The van der Waals surface area contributed by atoms with Gasteiger partial charge in [0.1, 0.15) is 0 Å². The van der Waals surface area contributed by atoms with E-state index in [-0.39, 0.29) is 19.5 Å². The van der Waals surface area contributed by atoms with Gasteiger partial charge in [-0.25, -0.2) is 0 Å². The predicted octanol–water partition coefficient (Wildman–Crippen LogP) is 0.443. The van der Waals surface area contributed by atoms with Gasteiger partial charge in [0.25, 0.3) is 0 Å². The van der Waals surface area contributed by atoms with E-state index in [0.717, 1.165) is 5.56 Å². The predicted molar refractivity (Wildman–Crippen MR) is 59.4 cm³/mol. The maximum Gasteiger partial charge on any atom is 0.317 e. The highest BCUT2D eigenvalue weighted by atomic mass is 16.4. The van der Waals surface area contributed by atoms with Crippen LogP contribution in [0.15, 0.2) is 24.5 Å². The molecule has 1 rings (SSSR count). The SMILES string of the molecule is O=C(O)CCN(CC(=O)O)Cc1cccnc1. The molecule has 1 heterocycles. The number of hydrogen-bond acceptors (Lipinski definition) is 4. The average molecular weight is 238 g/mol. The van der Waals surface area contributed by atoms with Crippen LogP contribution < -0.4 is 0 Å². The van der Waals surface area contributed by atoms with Crippen molar-refractivity contribution in [1.82, 2.24) is 9.88 Å². The van der Waals surface area contributed by atoms with Crippen LogP contribution in [0.4, 0.5) is 0 Å². The first-order valence-corrected chi connectivity index (χ1v) is 5.13. The van der Waals surface area contributed by atoms with Gasteiger partial charge in [-0.3, -0.25) is 19.5 Å². The first-order valence-electron chi connectivity index (χ1n) is 5.13. The summed E-state index contributed by atoms with van der Waals surface area (Å²) in [5.41, 5.74) is 0.860. The zero-order chi connectivity index (χ0) is 12.7. The summed E-state index contributed by atoms with van der Waals surface area (Å²) in [6.45, 7) is 0.409. The van der Waals surface area contributed by atoms with Crippen molar-refractivity contribution in [2.45, 2.75) is 13.0 Å². The summed E-state index contributed by atoms with van der Waals surface area (Å²) in [7, 11) is 0. The van der Waals surface area contributed by atoms with E-state index in [1.165, 1.54) is 0 Å². The van der Waals surface area contributed by atoms with E-state index in [0.29, 0.717) is 6.54 Å². The van der Waals surface area contributed by atoms with E-state index < -0.39 is 11.9 Å². The van der Waals surface area contributed by atoms with Gasteiger partial charge in [-0.15, -0.1) is 0 Å². The number of aromatic nitrogens is 1. The normalized spacial score (nSPS) is 10.4. The third-order valence-corrected chi connectivity index (χ3v) is 2.13. The zero-order valence-corrected chi connectivity index (χ0v) is 9.24. The Balaban J connectivity index is 2.56. The molecular formula is C11H14N2O4. The topological polar surface area (TPSA) is 90.7 Å². The molecule has 0 radical (unpaired) electrons. The minimum atomic E-state index is -0.973. The molecule has 0 fully saturated rings. The molecule has 0 saturated carbocycles. The van der Waals surface area contributed by atoms with Crippen LogP contribution in [-0.4, -0.2) is 45.1 Å². The minimum absolute atomic E-state index is 0.0759. The molecule has 0 aliphatic rings. The summed E-state index contributed by atoms with van der Waals surface area (Å²) in [5.74, 6) is -1.91. The molecule has 1 aromatic heterocycles. The lowest BCUT2D eigenvalue weighted by atomic mass is 10.2. The number of rotatable bonds is 7. The molecule has 0 bridgehead atoms. The van der Waals surface area contributed by atoms with E-state index in [2.05, 4.69) is 4.98 Å². The smallest absolute Gasteiger partial charge is 0.317 e. The van der Waals surface area contributed by atoms with Gasteiger partial charge in [0.15, 0.2) is 0 Å². The number of aliphatic carboxylic acids is 2. The highest BCUT2D eigenvalue weighted by molar-refractivity contribution is 5.69. The Kier molecular flexibility index (Phi) is 5.09. The van der Waals surface area contributed by atoms with E-state index in [4.69, 9.17) is 10.2 Å². The highest BCUT2D eigenvalue weighted by Gasteiger charge is 2.11. The number of hydrogen-bond donors (Lipinski definition) is 2. The lowest BCUT2D eigenvalue weighted by Gasteiger charge is -2.18. The second kappa shape index (κ2) is 6.59. The Morgan fingerprint density at radius 2 is 2.06 bits per heavy atom. The molecule has 0 saturated heterocycles. The second-order valence-corrected chi connectivity index (χ2v) is 3.61. The number of pyridine rings is 1. The Bertz CT molecular complexity index is 380. The van der Waals surface area contributed by atoms with Gasteiger partial charge < -0.3 is 10.2 Å². The van der Waals surface area contributed by atoms with Crippen LogP contribution in [0.1, 0.15) is 12.0 Å². The van der Waals surface area contributed by atoms with Crippen LogP contribution in [-0.2, 0) is 16.1 Å². The Morgan fingerprint density at radius 1 is 1.29 bits per heavy atom. The van der Waals surface area contributed by atoms with Gasteiger partial charge in [-0.2, -0.15) is 0 Å². The van der Waals surface area contributed by atoms with Gasteiger partial charge in [-0.05, 0) is 11.6 Å². The van der Waals surface area contributed by atoms with Gasteiger partial charge in [0.05, 0.1) is 13.0 Å². The quantitative estimate of drug-likeness (QED) is 0.716. The maximum absolute atomic E-state index is 10.6. The van der Waals surface area contributed by atoms with Crippen molar-refractivity contribution in [2.24, 2.45) is 0 Å². The highest BCUT2D eigenvalue weighted by Crippen LogP contribution is 2.03. The molecule has 0 unspecified atom stereocenters. The third-order valence-electron chi connectivity index (χ3n) is 2.13. The molecule has 0 aliphatic heterocycles. The van der Waals surface area contributed by atoms with E-state index in [9.17, 15) is 9.59 Å². The fourth-order valence-electron chi connectivity index (χ4n) is 1.41. The lowest BCUT2D eigenvalue weighted by Crippen LogP contribution is -2.31. The van der Waals surface area contributed by atoms with Gasteiger partial charge in [-0.1, -0.05) is 6.07 Å². The molecule has 17 heavy (non-hydrogen) atoms. The van der Waals surface area contributed by atoms with Crippen LogP contribution in [0, 0.1) is 0 Å². The summed E-state index contributed by atoms with van der Waals surface area (Å²) >= 11 is 0. The van der Waals surface area contributed by atoms with Crippen molar-refractivity contribution in [3.05, 3.63) is 30.1 Å². The third kappa shape index (κ3) is 5.62. The molecular weight excluding hydrogens is 224 g/mol. The standard InChI is InChI=1S/C11H14N2O4/c14-10(15)3-5-13(8-11(16)17)7-9-2-1-4-12-6-9/h1-2,4,6H,3,5,7-8H2,(H,14,15)(H,16,17). The fraction of sp³-hybridized carbons (Fsp3) is 0.364. The summed E-state index contributed by atoms with van der Waals surface area (Å²) in [6.07, 6.45) is 3.19. The van der Waals surface area contributed by atoms with Gasteiger partial charge >= 0.3 is 11.9 Å². The summed E-state index contributed by atoms with van der Waals surface area (Å²) in [4.78, 5) is 26.6. The number of carbonyl (C=O) groups is 2. The largest absolute Gasteiger partial charge is 0.481 e. The summed E-state index contributed by atoms with van der Waals surface area (Å²) in [5, 5.41) is 17.3. The minimum Gasteiger partial charge on any atom is -0.481 e. The van der Waals surface area contributed by atoms with Crippen LogP contribution in [0.2, 0.25) is 0 Å².